The average Bonchev–Trinajstić information content (AvgIpc) is 3.13. The number of piperidine rings is 1. The van der Waals surface area contributed by atoms with Gasteiger partial charge in [-0.25, -0.2) is 4.98 Å². The number of benzene rings is 1. The summed E-state index contributed by atoms with van der Waals surface area (Å²) in [5.74, 6) is 1.79. The Balaban J connectivity index is 1.31. The number of fused-ring (bicyclic) bond motifs is 1. The van der Waals surface area contributed by atoms with Crippen LogP contribution < -0.4 is 14.4 Å². The van der Waals surface area contributed by atoms with Crippen LogP contribution in [0.15, 0.2) is 24.4 Å². The molecule has 0 unspecified atom stereocenters. The Kier molecular flexibility index (Phi) is 3.89. The van der Waals surface area contributed by atoms with Crippen molar-refractivity contribution < 1.29 is 14.3 Å². The molecule has 1 aliphatic carbocycles. The van der Waals surface area contributed by atoms with E-state index in [0.717, 1.165) is 48.0 Å². The van der Waals surface area contributed by atoms with Crippen LogP contribution in [0.4, 0.5) is 5.00 Å². The number of aromatic nitrogens is 1. The van der Waals surface area contributed by atoms with E-state index in [1.54, 1.807) is 11.3 Å². The Labute approximate surface area is 156 Å². The number of thiazole rings is 1. The van der Waals surface area contributed by atoms with Crippen LogP contribution in [0.25, 0.3) is 0 Å². The second-order valence-corrected chi connectivity index (χ2v) is 8.48. The number of anilines is 1. The van der Waals surface area contributed by atoms with Gasteiger partial charge in [0.2, 0.25) is 6.79 Å². The van der Waals surface area contributed by atoms with E-state index in [-0.39, 0.29) is 18.0 Å². The van der Waals surface area contributed by atoms with Crippen LogP contribution in [0.1, 0.15) is 42.7 Å². The highest BCUT2D eigenvalue weighted by atomic mass is 32.1. The molecule has 136 valence electrons. The van der Waals surface area contributed by atoms with Crippen molar-refractivity contribution >= 4 is 22.1 Å². The summed E-state index contributed by atoms with van der Waals surface area (Å²) in [7, 11) is 0. The van der Waals surface area contributed by atoms with E-state index in [1.807, 2.05) is 24.4 Å². The van der Waals surface area contributed by atoms with E-state index in [2.05, 4.69) is 9.88 Å². The fourth-order valence-corrected chi connectivity index (χ4v) is 4.96. The minimum atomic E-state index is -0.349. The van der Waals surface area contributed by atoms with Gasteiger partial charge in [0.25, 0.3) is 0 Å². The van der Waals surface area contributed by atoms with Gasteiger partial charge in [-0.2, -0.15) is 0 Å². The van der Waals surface area contributed by atoms with E-state index in [9.17, 15) is 4.79 Å². The summed E-state index contributed by atoms with van der Waals surface area (Å²) in [4.78, 5) is 20.0. The normalized spacial score (nSPS) is 20.2. The van der Waals surface area contributed by atoms with Crippen molar-refractivity contribution in [3.8, 4) is 11.5 Å². The second-order valence-electron chi connectivity index (χ2n) is 7.39. The van der Waals surface area contributed by atoms with E-state index in [0.29, 0.717) is 6.42 Å². The molecule has 5 rings (SSSR count). The van der Waals surface area contributed by atoms with Crippen molar-refractivity contribution in [1.29, 1.82) is 0 Å². The van der Waals surface area contributed by atoms with Crippen molar-refractivity contribution in [2.45, 2.75) is 43.9 Å². The van der Waals surface area contributed by atoms with Gasteiger partial charge >= 0.3 is 0 Å². The smallest absolute Gasteiger partial charge is 0.231 e. The lowest BCUT2D eigenvalue weighted by molar-refractivity contribution is -0.120. The van der Waals surface area contributed by atoms with Crippen LogP contribution in [0.2, 0.25) is 0 Å². The highest BCUT2D eigenvalue weighted by Gasteiger charge is 2.51. The third-order valence-corrected chi connectivity index (χ3v) is 6.79. The number of carbonyl (C=O) groups excluding carboxylic acids is 1. The van der Waals surface area contributed by atoms with Crippen molar-refractivity contribution in [2.75, 3.05) is 24.8 Å². The minimum Gasteiger partial charge on any atom is -0.454 e. The Morgan fingerprint density at radius 1 is 1.15 bits per heavy atom. The summed E-state index contributed by atoms with van der Waals surface area (Å²) in [6, 6.07) is 5.91. The van der Waals surface area contributed by atoms with Crippen LogP contribution in [0.3, 0.4) is 0 Å². The zero-order valence-corrected chi connectivity index (χ0v) is 15.5. The average molecular weight is 370 g/mol. The second kappa shape index (κ2) is 6.27. The monoisotopic (exact) mass is 370 g/mol. The van der Waals surface area contributed by atoms with Crippen molar-refractivity contribution in [3.05, 3.63) is 35.0 Å². The van der Waals surface area contributed by atoms with Crippen LogP contribution in [-0.2, 0) is 16.6 Å². The number of carbonyl (C=O) groups is 1. The first-order valence-electron chi connectivity index (χ1n) is 9.38. The topological polar surface area (TPSA) is 51.7 Å². The summed E-state index contributed by atoms with van der Waals surface area (Å²) in [6.45, 7) is 2.48. The van der Waals surface area contributed by atoms with Gasteiger partial charge in [0, 0.05) is 13.1 Å². The maximum atomic E-state index is 13.1. The molecule has 5 nitrogen and oxygen atoms in total. The summed E-state index contributed by atoms with van der Waals surface area (Å²) in [5.41, 5.74) is 0.706. The Morgan fingerprint density at radius 3 is 2.77 bits per heavy atom. The molecule has 0 bridgehead atoms. The van der Waals surface area contributed by atoms with Crippen molar-refractivity contribution in [3.63, 3.8) is 0 Å². The Hall–Kier alpha value is -2.08. The lowest BCUT2D eigenvalue weighted by Crippen LogP contribution is -2.28. The van der Waals surface area contributed by atoms with Crippen LogP contribution >= 0.6 is 11.3 Å². The molecule has 0 atom stereocenters. The van der Waals surface area contributed by atoms with Gasteiger partial charge in [0.1, 0.15) is 15.8 Å². The molecule has 0 spiro atoms. The molecule has 2 fully saturated rings. The molecule has 6 heteroatoms. The number of ketones is 1. The van der Waals surface area contributed by atoms with Gasteiger partial charge < -0.3 is 14.4 Å². The molecule has 0 amide bonds. The molecular weight excluding hydrogens is 348 g/mol. The quantitative estimate of drug-likeness (QED) is 0.803. The number of nitrogens with zero attached hydrogens (tertiary/aromatic N) is 2. The predicted octanol–water partition coefficient (Wildman–Crippen LogP) is 3.71. The first kappa shape index (κ1) is 16.1. The van der Waals surface area contributed by atoms with E-state index >= 15 is 0 Å². The van der Waals surface area contributed by atoms with Crippen LogP contribution in [0, 0.1) is 0 Å². The van der Waals surface area contributed by atoms with E-state index < -0.39 is 0 Å². The largest absolute Gasteiger partial charge is 0.454 e. The van der Waals surface area contributed by atoms with Crippen LogP contribution in [0.5, 0.6) is 11.5 Å². The number of hydrogen-bond donors (Lipinski definition) is 0. The predicted molar refractivity (Wildman–Crippen MR) is 100 cm³/mol. The summed E-state index contributed by atoms with van der Waals surface area (Å²) < 4.78 is 10.9. The molecular formula is C20H22N2O3S. The lowest BCUT2D eigenvalue weighted by atomic mass is 9.89. The maximum absolute atomic E-state index is 13.1. The zero-order chi connectivity index (χ0) is 17.6. The maximum Gasteiger partial charge on any atom is 0.231 e. The summed E-state index contributed by atoms with van der Waals surface area (Å²) in [6.07, 6.45) is 8.01. The van der Waals surface area contributed by atoms with E-state index in [4.69, 9.17) is 9.47 Å². The summed E-state index contributed by atoms with van der Waals surface area (Å²) >= 11 is 1.68. The van der Waals surface area contributed by atoms with Gasteiger partial charge in [-0.05, 0) is 49.8 Å². The molecule has 2 aliphatic heterocycles. The molecule has 1 saturated heterocycles. The number of Topliss-reactive ketones (excluding diaryl/α,β-unsaturated/α-hetero) is 1. The molecule has 3 heterocycles. The molecule has 0 radical (unpaired) electrons. The standard InChI is InChI=1S/C20H22N2O3S/c23-17(11-18-21-12-19(26-18)22-8-2-1-3-9-22)20(6-7-20)14-4-5-15-16(10-14)25-13-24-15/h4-5,10,12H,1-3,6-9,11,13H2. The van der Waals surface area contributed by atoms with Gasteiger partial charge in [0.15, 0.2) is 11.5 Å². The molecule has 1 aromatic heterocycles. The molecule has 1 saturated carbocycles. The Morgan fingerprint density at radius 2 is 1.96 bits per heavy atom. The van der Waals surface area contributed by atoms with Gasteiger partial charge in [0.05, 0.1) is 18.0 Å². The fourth-order valence-electron chi connectivity index (χ4n) is 4.00. The molecule has 1 aromatic carbocycles. The molecule has 3 aliphatic rings. The zero-order valence-electron chi connectivity index (χ0n) is 14.7. The van der Waals surface area contributed by atoms with Gasteiger partial charge in [-0.1, -0.05) is 6.07 Å². The van der Waals surface area contributed by atoms with Crippen molar-refractivity contribution in [2.24, 2.45) is 0 Å². The van der Waals surface area contributed by atoms with Crippen LogP contribution in [-0.4, -0.2) is 30.6 Å². The molecule has 2 aromatic rings. The number of ether oxygens (including phenoxy) is 2. The highest BCUT2D eigenvalue weighted by Crippen LogP contribution is 2.51. The Bertz CT molecular complexity index is 837. The van der Waals surface area contributed by atoms with E-state index in [1.165, 1.54) is 24.3 Å². The first-order valence-corrected chi connectivity index (χ1v) is 10.2. The van der Waals surface area contributed by atoms with Gasteiger partial charge in [-0.15, -0.1) is 11.3 Å². The molecule has 0 N–H and O–H groups in total. The SMILES string of the molecule is O=C(Cc1ncc(N2CCCCC2)s1)C1(c2ccc3c(c2)OCO3)CC1. The number of hydrogen-bond acceptors (Lipinski definition) is 6. The fraction of sp³-hybridized carbons (Fsp3) is 0.500. The minimum absolute atomic E-state index is 0.262. The first-order chi connectivity index (χ1) is 12.7. The highest BCUT2D eigenvalue weighted by molar-refractivity contribution is 7.15. The number of rotatable bonds is 5. The third kappa shape index (κ3) is 2.76. The van der Waals surface area contributed by atoms with Crippen molar-refractivity contribution in [1.82, 2.24) is 4.98 Å². The lowest BCUT2D eigenvalue weighted by Gasteiger charge is -2.26. The third-order valence-electron chi connectivity index (χ3n) is 5.73. The van der Waals surface area contributed by atoms with Gasteiger partial charge in [-0.3, -0.25) is 4.79 Å². The molecule has 26 heavy (non-hydrogen) atoms. The summed E-state index contributed by atoms with van der Waals surface area (Å²) in [5, 5.41) is 2.14.